The molecule has 6 nitrogen and oxygen atoms in total. The number of aliphatic hydroxyl groups is 1. The van der Waals surface area contributed by atoms with E-state index in [4.69, 9.17) is 15.2 Å². The van der Waals surface area contributed by atoms with Crippen LogP contribution in [0.4, 0.5) is 0 Å². The number of hydrogen-bond acceptors (Lipinski definition) is 5. The standard InChI is InChI=1S/C16H24N2O4/c1-21-14-4-2-3-13(15(14)19)18-16(20)11-5-7-12(8-6-11)22-10-9-17/h5-8,13-15,19H,2-4,9-10,17H2,1H3,(H,18,20)/t13-,14-,15-/m1/s1. The molecular weight excluding hydrogens is 284 g/mol. The number of carbonyl (C=O) groups is 1. The topological polar surface area (TPSA) is 93.8 Å². The monoisotopic (exact) mass is 308 g/mol. The number of methoxy groups -OCH3 is 1. The van der Waals surface area contributed by atoms with E-state index in [1.54, 1.807) is 31.4 Å². The lowest BCUT2D eigenvalue weighted by atomic mass is 9.89. The first kappa shape index (κ1) is 16.7. The van der Waals surface area contributed by atoms with Gasteiger partial charge in [-0.05, 0) is 43.5 Å². The predicted octanol–water partition coefficient (Wildman–Crippen LogP) is 0.682. The van der Waals surface area contributed by atoms with Crippen molar-refractivity contribution >= 4 is 5.91 Å². The van der Waals surface area contributed by atoms with Crippen LogP contribution in [0.3, 0.4) is 0 Å². The molecule has 1 aromatic carbocycles. The van der Waals surface area contributed by atoms with Crippen LogP contribution >= 0.6 is 0 Å². The summed E-state index contributed by atoms with van der Waals surface area (Å²) in [7, 11) is 1.58. The molecule has 0 bridgehead atoms. The minimum absolute atomic E-state index is 0.203. The summed E-state index contributed by atoms with van der Waals surface area (Å²) in [6.45, 7) is 0.890. The summed E-state index contributed by atoms with van der Waals surface area (Å²) < 4.78 is 10.6. The zero-order valence-corrected chi connectivity index (χ0v) is 12.8. The van der Waals surface area contributed by atoms with Gasteiger partial charge >= 0.3 is 0 Å². The van der Waals surface area contributed by atoms with Crippen molar-refractivity contribution in [3.63, 3.8) is 0 Å². The number of ether oxygens (including phenoxy) is 2. The molecule has 1 fully saturated rings. The number of amides is 1. The molecule has 0 saturated heterocycles. The number of carbonyl (C=O) groups excluding carboxylic acids is 1. The molecule has 2 rings (SSSR count). The van der Waals surface area contributed by atoms with E-state index in [0.29, 0.717) is 24.5 Å². The Morgan fingerprint density at radius 2 is 2.09 bits per heavy atom. The van der Waals surface area contributed by atoms with Crippen LogP contribution in [0.25, 0.3) is 0 Å². The number of benzene rings is 1. The SMILES string of the molecule is CO[C@@H]1CCC[C@@H](NC(=O)c2ccc(OCCN)cc2)[C@H]1O. The summed E-state index contributed by atoms with van der Waals surface area (Å²) in [5.74, 6) is 0.477. The normalized spacial score (nSPS) is 24.8. The lowest BCUT2D eigenvalue weighted by Crippen LogP contribution is -2.51. The van der Waals surface area contributed by atoms with E-state index in [1.807, 2.05) is 0 Å². The van der Waals surface area contributed by atoms with Crippen LogP contribution in [0.15, 0.2) is 24.3 Å². The van der Waals surface area contributed by atoms with Gasteiger partial charge in [-0.3, -0.25) is 4.79 Å². The summed E-state index contributed by atoms with van der Waals surface area (Å²) >= 11 is 0. The summed E-state index contributed by atoms with van der Waals surface area (Å²) in [5, 5.41) is 13.1. The van der Waals surface area contributed by atoms with Crippen molar-refractivity contribution < 1.29 is 19.4 Å². The number of nitrogens with two attached hydrogens (primary N) is 1. The van der Waals surface area contributed by atoms with Gasteiger partial charge in [0, 0.05) is 19.2 Å². The van der Waals surface area contributed by atoms with Crippen LogP contribution in [-0.4, -0.2) is 49.5 Å². The summed E-state index contributed by atoms with van der Waals surface area (Å²) in [6.07, 6.45) is 1.61. The highest BCUT2D eigenvalue weighted by atomic mass is 16.5. The Bertz CT molecular complexity index is 478. The van der Waals surface area contributed by atoms with Gasteiger partial charge in [0.1, 0.15) is 18.5 Å². The van der Waals surface area contributed by atoms with Crippen LogP contribution in [0.5, 0.6) is 5.75 Å². The molecule has 0 aliphatic heterocycles. The van der Waals surface area contributed by atoms with Gasteiger partial charge in [0.2, 0.25) is 0 Å². The van der Waals surface area contributed by atoms with E-state index < -0.39 is 6.10 Å². The molecule has 1 aliphatic carbocycles. The Balaban J connectivity index is 1.93. The molecule has 22 heavy (non-hydrogen) atoms. The first-order chi connectivity index (χ1) is 10.7. The van der Waals surface area contributed by atoms with E-state index in [0.717, 1.165) is 19.3 Å². The summed E-state index contributed by atoms with van der Waals surface area (Å²) in [6, 6.07) is 6.59. The van der Waals surface area contributed by atoms with Crippen molar-refractivity contribution in [3.05, 3.63) is 29.8 Å². The van der Waals surface area contributed by atoms with Crippen molar-refractivity contribution in [3.8, 4) is 5.75 Å². The van der Waals surface area contributed by atoms with Gasteiger partial charge in [0.25, 0.3) is 5.91 Å². The quantitative estimate of drug-likeness (QED) is 0.718. The van der Waals surface area contributed by atoms with Crippen molar-refractivity contribution in [1.29, 1.82) is 0 Å². The maximum absolute atomic E-state index is 12.3. The van der Waals surface area contributed by atoms with E-state index in [2.05, 4.69) is 5.32 Å². The molecule has 0 aromatic heterocycles. The Morgan fingerprint density at radius 3 is 2.73 bits per heavy atom. The molecular formula is C16H24N2O4. The van der Waals surface area contributed by atoms with Crippen LogP contribution < -0.4 is 15.8 Å². The second-order valence-electron chi connectivity index (χ2n) is 5.44. The highest BCUT2D eigenvalue weighted by Gasteiger charge is 2.32. The van der Waals surface area contributed by atoms with Crippen molar-refractivity contribution in [2.45, 2.75) is 37.5 Å². The zero-order valence-electron chi connectivity index (χ0n) is 12.8. The van der Waals surface area contributed by atoms with Crippen LogP contribution in [-0.2, 0) is 4.74 Å². The van der Waals surface area contributed by atoms with E-state index >= 15 is 0 Å². The Hall–Kier alpha value is -1.63. The molecule has 0 spiro atoms. The van der Waals surface area contributed by atoms with Gasteiger partial charge in [-0.25, -0.2) is 0 Å². The fourth-order valence-corrected chi connectivity index (χ4v) is 2.69. The van der Waals surface area contributed by atoms with Gasteiger partial charge < -0.3 is 25.6 Å². The third-order valence-corrected chi connectivity index (χ3v) is 3.92. The molecule has 0 heterocycles. The van der Waals surface area contributed by atoms with Gasteiger partial charge in [0.15, 0.2) is 0 Å². The Morgan fingerprint density at radius 1 is 1.36 bits per heavy atom. The van der Waals surface area contributed by atoms with Gasteiger partial charge in [-0.15, -0.1) is 0 Å². The molecule has 4 N–H and O–H groups in total. The van der Waals surface area contributed by atoms with Gasteiger partial charge in [-0.2, -0.15) is 0 Å². The summed E-state index contributed by atoms with van der Waals surface area (Å²) in [5.41, 5.74) is 5.91. The van der Waals surface area contributed by atoms with Crippen LogP contribution in [0.1, 0.15) is 29.6 Å². The van der Waals surface area contributed by atoms with Crippen molar-refractivity contribution in [2.75, 3.05) is 20.3 Å². The lowest BCUT2D eigenvalue weighted by molar-refractivity contribution is -0.0513. The molecule has 1 aliphatic rings. The molecule has 1 aromatic rings. The second-order valence-corrected chi connectivity index (χ2v) is 5.44. The fraction of sp³-hybridized carbons (Fsp3) is 0.562. The van der Waals surface area contributed by atoms with Gasteiger partial charge in [-0.1, -0.05) is 0 Å². The zero-order chi connectivity index (χ0) is 15.9. The number of nitrogens with one attached hydrogen (secondary N) is 1. The van der Waals surface area contributed by atoms with Crippen molar-refractivity contribution in [1.82, 2.24) is 5.32 Å². The molecule has 122 valence electrons. The third kappa shape index (κ3) is 4.19. The Labute approximate surface area is 130 Å². The number of rotatable bonds is 6. The van der Waals surface area contributed by atoms with E-state index in [-0.39, 0.29) is 18.1 Å². The fourth-order valence-electron chi connectivity index (χ4n) is 2.69. The smallest absolute Gasteiger partial charge is 0.251 e. The molecule has 1 saturated carbocycles. The maximum Gasteiger partial charge on any atom is 0.251 e. The van der Waals surface area contributed by atoms with Crippen LogP contribution in [0.2, 0.25) is 0 Å². The highest BCUT2D eigenvalue weighted by molar-refractivity contribution is 5.94. The minimum Gasteiger partial charge on any atom is -0.492 e. The second kappa shape index (κ2) is 8.12. The first-order valence-electron chi connectivity index (χ1n) is 7.60. The lowest BCUT2D eigenvalue weighted by Gasteiger charge is -2.34. The minimum atomic E-state index is -0.671. The average molecular weight is 308 g/mol. The number of hydrogen-bond donors (Lipinski definition) is 3. The van der Waals surface area contributed by atoms with Crippen molar-refractivity contribution in [2.24, 2.45) is 5.73 Å². The average Bonchev–Trinajstić information content (AvgIpc) is 2.55. The van der Waals surface area contributed by atoms with Gasteiger partial charge in [0.05, 0.1) is 12.1 Å². The predicted molar refractivity (Wildman–Crippen MR) is 82.9 cm³/mol. The Kier molecular flexibility index (Phi) is 6.18. The first-order valence-corrected chi connectivity index (χ1v) is 7.60. The van der Waals surface area contributed by atoms with Crippen LogP contribution in [0, 0.1) is 0 Å². The maximum atomic E-state index is 12.3. The van der Waals surface area contributed by atoms with E-state index in [9.17, 15) is 9.90 Å². The molecule has 1 amide bonds. The highest BCUT2D eigenvalue weighted by Crippen LogP contribution is 2.22. The molecule has 0 unspecified atom stereocenters. The molecule has 0 radical (unpaired) electrons. The largest absolute Gasteiger partial charge is 0.492 e. The third-order valence-electron chi connectivity index (χ3n) is 3.92. The van der Waals surface area contributed by atoms with E-state index in [1.165, 1.54) is 0 Å². The molecule has 3 atom stereocenters. The summed E-state index contributed by atoms with van der Waals surface area (Å²) in [4.78, 5) is 12.3. The molecule has 6 heteroatoms. The number of aliphatic hydroxyl groups excluding tert-OH is 1.